The van der Waals surface area contributed by atoms with Crippen molar-refractivity contribution < 1.29 is 14.0 Å². The second-order valence-electron chi connectivity index (χ2n) is 3.63. The molecule has 0 fully saturated rings. The first kappa shape index (κ1) is 11.9. The molecule has 2 N–H and O–H groups in total. The van der Waals surface area contributed by atoms with Crippen LogP contribution < -0.4 is 5.73 Å². The number of amides is 1. The molecule has 4 nitrogen and oxygen atoms in total. The molecule has 1 heterocycles. The Balaban J connectivity index is 2.30. The Labute approximate surface area is 102 Å². The van der Waals surface area contributed by atoms with Gasteiger partial charge in [-0.15, -0.1) is 0 Å². The van der Waals surface area contributed by atoms with Gasteiger partial charge in [-0.1, -0.05) is 18.2 Å². The number of halogens is 1. The number of hydrogen-bond donors (Lipinski definition) is 1. The number of carbonyl (C=O) groups excluding carboxylic acids is 2. The van der Waals surface area contributed by atoms with E-state index in [1.807, 2.05) is 0 Å². The molecule has 1 aromatic carbocycles. The lowest BCUT2D eigenvalue weighted by molar-refractivity contribution is -0.114. The van der Waals surface area contributed by atoms with Gasteiger partial charge in [0.15, 0.2) is 0 Å². The maximum Gasteiger partial charge on any atom is 0.291 e. The number of Topliss-reactive ketones (excluding diaryl/α,β-unsaturated/α-hetero) is 1. The molecule has 0 aliphatic rings. The van der Waals surface area contributed by atoms with E-state index >= 15 is 0 Å². The maximum atomic E-state index is 12.7. The van der Waals surface area contributed by atoms with Crippen molar-refractivity contribution in [3.8, 4) is 11.1 Å². The Morgan fingerprint density at radius 3 is 2.11 bits per heavy atom. The fourth-order valence-corrected chi connectivity index (χ4v) is 1.47. The molecule has 0 bridgehead atoms. The van der Waals surface area contributed by atoms with Crippen molar-refractivity contribution in [2.24, 2.45) is 5.73 Å². The van der Waals surface area contributed by atoms with Gasteiger partial charge in [0.2, 0.25) is 0 Å². The van der Waals surface area contributed by atoms with Gasteiger partial charge in [-0.05, 0) is 23.8 Å². The van der Waals surface area contributed by atoms with E-state index < -0.39 is 11.7 Å². The summed E-state index contributed by atoms with van der Waals surface area (Å²) in [6, 6.07) is 8.89. The molecule has 2 rings (SSSR count). The van der Waals surface area contributed by atoms with Crippen LogP contribution in [0, 0.1) is 5.82 Å². The summed E-state index contributed by atoms with van der Waals surface area (Å²) < 4.78 is 12.7. The molecule has 18 heavy (non-hydrogen) atoms. The van der Waals surface area contributed by atoms with E-state index in [0.717, 1.165) is 11.1 Å². The summed E-state index contributed by atoms with van der Waals surface area (Å²) >= 11 is 0. The molecule has 0 atom stereocenters. The van der Waals surface area contributed by atoms with Gasteiger partial charge in [-0.3, -0.25) is 14.6 Å². The summed E-state index contributed by atoms with van der Waals surface area (Å²) in [5, 5.41) is 0. The first-order chi connectivity index (χ1) is 8.58. The predicted octanol–water partition coefficient (Wildman–Crippen LogP) is 1.56. The number of carbonyl (C=O) groups is 2. The highest BCUT2D eigenvalue weighted by Crippen LogP contribution is 2.18. The molecule has 0 unspecified atom stereocenters. The quantitative estimate of drug-likeness (QED) is 0.657. The summed E-state index contributed by atoms with van der Waals surface area (Å²) in [4.78, 5) is 25.8. The molecule has 0 aliphatic carbocycles. The Morgan fingerprint density at radius 2 is 1.61 bits per heavy atom. The topological polar surface area (TPSA) is 73.1 Å². The van der Waals surface area contributed by atoms with Gasteiger partial charge in [0.05, 0.1) is 0 Å². The Morgan fingerprint density at radius 1 is 1.00 bits per heavy atom. The summed E-state index contributed by atoms with van der Waals surface area (Å²) in [7, 11) is 0. The van der Waals surface area contributed by atoms with Crippen LogP contribution in [0.15, 0.2) is 42.6 Å². The number of nitrogens with two attached hydrogens (primary N) is 1. The van der Waals surface area contributed by atoms with Crippen LogP contribution in [-0.4, -0.2) is 16.7 Å². The van der Waals surface area contributed by atoms with E-state index in [1.165, 1.54) is 24.4 Å². The van der Waals surface area contributed by atoms with E-state index in [4.69, 9.17) is 5.73 Å². The average Bonchev–Trinajstić information content (AvgIpc) is 2.39. The van der Waals surface area contributed by atoms with Crippen molar-refractivity contribution in [2.45, 2.75) is 0 Å². The molecule has 2 aromatic rings. The van der Waals surface area contributed by atoms with E-state index in [0.29, 0.717) is 0 Å². The van der Waals surface area contributed by atoms with Crippen LogP contribution >= 0.6 is 0 Å². The smallest absolute Gasteiger partial charge is 0.291 e. The average molecular weight is 244 g/mol. The first-order valence-corrected chi connectivity index (χ1v) is 5.14. The molecule has 0 saturated heterocycles. The minimum absolute atomic E-state index is 0.00615. The normalized spacial score (nSPS) is 10.1. The fourth-order valence-electron chi connectivity index (χ4n) is 1.47. The largest absolute Gasteiger partial charge is 0.363 e. The molecule has 1 aromatic heterocycles. The summed E-state index contributed by atoms with van der Waals surface area (Å²) in [6.45, 7) is 0. The Bertz CT molecular complexity index is 591. The van der Waals surface area contributed by atoms with Crippen LogP contribution in [0.1, 0.15) is 10.5 Å². The van der Waals surface area contributed by atoms with Crippen LogP contribution in [0.3, 0.4) is 0 Å². The lowest BCUT2D eigenvalue weighted by Crippen LogP contribution is -2.23. The molecule has 0 saturated carbocycles. The lowest BCUT2D eigenvalue weighted by Gasteiger charge is -2.02. The van der Waals surface area contributed by atoms with E-state index in [9.17, 15) is 14.0 Å². The van der Waals surface area contributed by atoms with Gasteiger partial charge in [0.25, 0.3) is 11.7 Å². The van der Waals surface area contributed by atoms with Crippen molar-refractivity contribution in [3.63, 3.8) is 0 Å². The molecular formula is C13H9FN2O2. The van der Waals surface area contributed by atoms with Gasteiger partial charge in [0.1, 0.15) is 11.5 Å². The van der Waals surface area contributed by atoms with Gasteiger partial charge in [-0.2, -0.15) is 0 Å². The van der Waals surface area contributed by atoms with E-state index in [1.54, 1.807) is 18.2 Å². The summed E-state index contributed by atoms with van der Waals surface area (Å²) in [5.41, 5.74) is 6.34. The monoisotopic (exact) mass is 244 g/mol. The summed E-state index contributed by atoms with van der Waals surface area (Å²) in [5.74, 6) is -2.20. The number of benzene rings is 1. The molecule has 1 amide bonds. The minimum atomic E-state index is -1.04. The van der Waals surface area contributed by atoms with Crippen molar-refractivity contribution in [3.05, 3.63) is 54.1 Å². The van der Waals surface area contributed by atoms with Crippen molar-refractivity contribution in [2.75, 3.05) is 0 Å². The number of hydrogen-bond acceptors (Lipinski definition) is 3. The van der Waals surface area contributed by atoms with Crippen molar-refractivity contribution >= 4 is 11.7 Å². The van der Waals surface area contributed by atoms with Crippen LogP contribution in [-0.2, 0) is 4.79 Å². The van der Waals surface area contributed by atoms with Crippen molar-refractivity contribution in [1.29, 1.82) is 0 Å². The van der Waals surface area contributed by atoms with Gasteiger partial charge in [-0.25, -0.2) is 4.39 Å². The minimum Gasteiger partial charge on any atom is -0.363 e. The molecular weight excluding hydrogens is 235 g/mol. The zero-order chi connectivity index (χ0) is 13.1. The number of rotatable bonds is 3. The third-order valence-corrected chi connectivity index (χ3v) is 2.40. The number of aromatic nitrogens is 1. The Hall–Kier alpha value is -2.56. The standard InChI is InChI=1S/C13H9FN2O2/c14-10-4-1-8(2-5-10)9-3-6-11(16-7-9)12(17)13(15)18/h1-7H,(H2,15,18). The molecule has 5 heteroatoms. The van der Waals surface area contributed by atoms with Crippen molar-refractivity contribution in [1.82, 2.24) is 4.98 Å². The zero-order valence-electron chi connectivity index (χ0n) is 9.26. The number of primary amides is 1. The second kappa shape index (κ2) is 4.75. The molecule has 0 radical (unpaired) electrons. The maximum absolute atomic E-state index is 12.7. The van der Waals surface area contributed by atoms with E-state index in [-0.39, 0.29) is 11.5 Å². The third kappa shape index (κ3) is 2.40. The number of pyridine rings is 1. The predicted molar refractivity (Wildman–Crippen MR) is 63.2 cm³/mol. The van der Waals surface area contributed by atoms with Crippen LogP contribution in [0.25, 0.3) is 11.1 Å². The zero-order valence-corrected chi connectivity index (χ0v) is 9.26. The molecule has 90 valence electrons. The fraction of sp³-hybridized carbons (Fsp3) is 0. The second-order valence-corrected chi connectivity index (χ2v) is 3.63. The van der Waals surface area contributed by atoms with E-state index in [2.05, 4.69) is 4.98 Å². The number of nitrogens with zero attached hydrogens (tertiary/aromatic N) is 1. The van der Waals surface area contributed by atoms with Crippen LogP contribution in [0.4, 0.5) is 4.39 Å². The summed E-state index contributed by atoms with van der Waals surface area (Å²) in [6.07, 6.45) is 1.43. The van der Waals surface area contributed by atoms with Gasteiger partial charge >= 0.3 is 0 Å². The SMILES string of the molecule is NC(=O)C(=O)c1ccc(-c2ccc(F)cc2)cn1. The molecule has 0 spiro atoms. The Kier molecular flexibility index (Phi) is 3.14. The first-order valence-electron chi connectivity index (χ1n) is 5.14. The highest BCUT2D eigenvalue weighted by molar-refractivity contribution is 6.41. The van der Waals surface area contributed by atoms with Gasteiger partial charge in [0, 0.05) is 11.8 Å². The third-order valence-electron chi connectivity index (χ3n) is 2.40. The van der Waals surface area contributed by atoms with Gasteiger partial charge < -0.3 is 5.73 Å². The molecule has 0 aliphatic heterocycles. The highest BCUT2D eigenvalue weighted by atomic mass is 19.1. The number of ketones is 1. The van der Waals surface area contributed by atoms with Crippen LogP contribution in [0.2, 0.25) is 0 Å². The van der Waals surface area contributed by atoms with Crippen LogP contribution in [0.5, 0.6) is 0 Å². The lowest BCUT2D eigenvalue weighted by atomic mass is 10.1. The highest BCUT2D eigenvalue weighted by Gasteiger charge is 2.13.